The summed E-state index contributed by atoms with van der Waals surface area (Å²) in [5, 5.41) is 9.66. The molecule has 0 amide bonds. The number of hydrogen-bond donors (Lipinski definition) is 0. The van der Waals surface area contributed by atoms with Gasteiger partial charge in [-0.1, -0.05) is 206 Å². The molecule has 1 aliphatic carbocycles. The minimum atomic E-state index is -2.91. The topological polar surface area (TPSA) is 6.48 Å². The van der Waals surface area contributed by atoms with Gasteiger partial charge >= 0.3 is 6.85 Å². The number of fused-ring (bicyclic) bond motifs is 11. The van der Waals surface area contributed by atoms with Crippen molar-refractivity contribution in [2.24, 2.45) is 0 Å². The first-order valence-corrected chi connectivity index (χ1v) is 28.5. The first-order valence-electron chi connectivity index (χ1n) is 25.7. The van der Waals surface area contributed by atoms with Crippen molar-refractivity contribution in [2.45, 2.75) is 77.6 Å². The van der Waals surface area contributed by atoms with Crippen LogP contribution in [0, 0.1) is 0 Å². The second kappa shape index (κ2) is 15.1. The molecule has 4 aliphatic rings. The molecule has 5 heteroatoms. The third-order valence-electron chi connectivity index (χ3n) is 17.1. The van der Waals surface area contributed by atoms with Crippen molar-refractivity contribution in [3.8, 4) is 22.3 Å². The third kappa shape index (κ3) is 5.94. The summed E-state index contributed by atoms with van der Waals surface area (Å²) in [7, 11) is -2.91. The Morgan fingerprint density at radius 1 is 0.521 bits per heavy atom. The lowest BCUT2D eigenvalue weighted by atomic mass is 9.46. The molecular formula is C66H57BN2SSi. The average Bonchev–Trinajstić information content (AvgIpc) is 3.77. The van der Waals surface area contributed by atoms with Gasteiger partial charge in [-0.3, -0.25) is 0 Å². The molecule has 3 aliphatic heterocycles. The van der Waals surface area contributed by atoms with Crippen LogP contribution in [0.1, 0.15) is 78.0 Å². The Kier molecular flexibility index (Phi) is 9.10. The zero-order valence-electron chi connectivity index (χ0n) is 41.8. The Labute approximate surface area is 424 Å². The van der Waals surface area contributed by atoms with E-state index in [0.29, 0.717) is 0 Å². The Morgan fingerprint density at radius 2 is 1.14 bits per heavy atom. The number of benzene rings is 9. The number of rotatable bonds is 4. The van der Waals surface area contributed by atoms with E-state index in [0.717, 1.165) is 0 Å². The number of hydrogen-bond acceptors (Lipinski definition) is 3. The lowest BCUT2D eigenvalue weighted by Crippen LogP contribution is -2.79. The summed E-state index contributed by atoms with van der Waals surface area (Å²) in [6, 6.07) is 75.5. The van der Waals surface area contributed by atoms with Crippen molar-refractivity contribution in [3.05, 3.63) is 211 Å². The highest BCUT2D eigenvalue weighted by Gasteiger charge is 2.56. The second-order valence-corrected chi connectivity index (χ2v) is 27.9. The average molecular weight is 949 g/mol. The maximum atomic E-state index is 2.83. The molecule has 9 aromatic carbocycles. The molecule has 4 heterocycles. The summed E-state index contributed by atoms with van der Waals surface area (Å²) in [4.78, 5) is 5.56. The fourth-order valence-electron chi connectivity index (χ4n) is 13.5. The highest BCUT2D eigenvalue weighted by molar-refractivity contribution is 7.33. The van der Waals surface area contributed by atoms with Crippen LogP contribution in [0.4, 0.5) is 28.4 Å². The van der Waals surface area contributed by atoms with Crippen LogP contribution in [0.2, 0.25) is 0 Å². The van der Waals surface area contributed by atoms with Crippen LogP contribution < -0.4 is 40.7 Å². The Bertz CT molecular complexity index is 3790. The van der Waals surface area contributed by atoms with Crippen LogP contribution in [0.5, 0.6) is 0 Å². The largest absolute Gasteiger partial charge is 0.376 e. The highest BCUT2D eigenvalue weighted by Crippen LogP contribution is 2.56. The van der Waals surface area contributed by atoms with E-state index < -0.39 is 8.07 Å². The van der Waals surface area contributed by atoms with E-state index in [9.17, 15) is 0 Å². The monoisotopic (exact) mass is 948 g/mol. The molecule has 0 spiro atoms. The summed E-state index contributed by atoms with van der Waals surface area (Å²) in [6.45, 7) is 16.8. The molecule has 0 radical (unpaired) electrons. The summed E-state index contributed by atoms with van der Waals surface area (Å²) in [5.74, 6) is 0. The summed E-state index contributed by atoms with van der Waals surface area (Å²) in [6.07, 6.45) is 2.35. The molecule has 2 nitrogen and oxygen atoms in total. The first-order chi connectivity index (χ1) is 34.4. The van der Waals surface area contributed by atoms with Gasteiger partial charge in [0.25, 0.3) is 0 Å². The van der Waals surface area contributed by atoms with Crippen LogP contribution in [0.15, 0.2) is 194 Å². The minimum Gasteiger partial charge on any atom is -0.376 e. The van der Waals surface area contributed by atoms with Crippen LogP contribution in [-0.4, -0.2) is 14.9 Å². The maximum absolute atomic E-state index is 2.91. The lowest BCUT2D eigenvalue weighted by molar-refractivity contribution is 0.332. The van der Waals surface area contributed by atoms with Crippen molar-refractivity contribution < 1.29 is 0 Å². The van der Waals surface area contributed by atoms with Crippen molar-refractivity contribution in [3.63, 3.8) is 0 Å². The van der Waals surface area contributed by atoms with Gasteiger partial charge in [-0.25, -0.2) is 0 Å². The molecular weight excluding hydrogens is 892 g/mol. The van der Waals surface area contributed by atoms with E-state index in [1.54, 1.807) is 0 Å². The van der Waals surface area contributed by atoms with Gasteiger partial charge in [0.05, 0.1) is 11.4 Å². The predicted molar refractivity (Wildman–Crippen MR) is 310 cm³/mol. The molecule has 344 valence electrons. The quantitative estimate of drug-likeness (QED) is 0.162. The van der Waals surface area contributed by atoms with E-state index in [4.69, 9.17) is 0 Å². The molecule has 1 aromatic heterocycles. The van der Waals surface area contributed by atoms with Gasteiger partial charge in [-0.05, 0) is 130 Å². The van der Waals surface area contributed by atoms with Crippen LogP contribution in [0.25, 0.3) is 43.1 Å². The van der Waals surface area contributed by atoms with Crippen LogP contribution in [0.3, 0.4) is 0 Å². The SMILES string of the molecule is CC(C)(C)c1ccc(N2c3cc4ccccc4c4c3B(c3sc5cc6c(cc5c32)C(C)(C)CCC6(C)C)N2c3ccccc3[Si](c3ccccc3)(c3ccccc3)c3cccc-4c32)c(-c2ccccc2)c1. The van der Waals surface area contributed by atoms with Gasteiger partial charge in [0.1, 0.15) is 0 Å². The predicted octanol–water partition coefficient (Wildman–Crippen LogP) is 13.8. The van der Waals surface area contributed by atoms with Gasteiger partial charge in [-0.2, -0.15) is 0 Å². The van der Waals surface area contributed by atoms with E-state index in [1.807, 2.05) is 11.3 Å². The molecule has 14 rings (SSSR count). The molecule has 71 heavy (non-hydrogen) atoms. The highest BCUT2D eigenvalue weighted by atomic mass is 32.1. The zero-order chi connectivity index (χ0) is 48.2. The number of para-hydroxylation sites is 2. The van der Waals surface area contributed by atoms with E-state index in [-0.39, 0.29) is 23.1 Å². The third-order valence-corrected chi connectivity index (χ3v) is 23.1. The van der Waals surface area contributed by atoms with E-state index in [1.165, 1.54) is 132 Å². The Morgan fingerprint density at radius 3 is 1.85 bits per heavy atom. The smallest absolute Gasteiger partial charge is 0.343 e. The number of anilines is 5. The van der Waals surface area contributed by atoms with Crippen molar-refractivity contribution in [2.75, 3.05) is 9.71 Å². The normalized spacial score (nSPS) is 16.5. The van der Waals surface area contributed by atoms with Gasteiger partial charge in [0.2, 0.25) is 0 Å². The summed E-state index contributed by atoms with van der Waals surface area (Å²) in [5.41, 5.74) is 17.5. The molecule has 0 N–H and O–H groups in total. The lowest BCUT2D eigenvalue weighted by Gasteiger charge is -2.52. The standard InChI is InChI=1S/C66H57BN2SSi/c1-64(2,3)44-34-35-53(49(39-44)42-22-11-8-12-23-42)68-55-38-43-24-17-18-29-47(43)59-48-30-21-33-58-61(48)69(54-31-19-20-32-57(54)71(58,45-25-13-9-14-26-45)46-27-15-10-16-28-46)67(60(55)59)63-62(68)50-40-51-52(41-56(50)70-63)66(6,7)37-36-65(51,4)5/h8-35,38-41H,36-37H2,1-7H3. The van der Waals surface area contributed by atoms with Gasteiger partial charge in [-0.15, -0.1) is 11.3 Å². The van der Waals surface area contributed by atoms with Crippen molar-refractivity contribution >= 4 is 107 Å². The Balaban J connectivity index is 1.18. The van der Waals surface area contributed by atoms with Crippen LogP contribution >= 0.6 is 11.3 Å². The fourth-order valence-corrected chi connectivity index (χ4v) is 19.9. The first kappa shape index (κ1) is 42.9. The van der Waals surface area contributed by atoms with E-state index >= 15 is 0 Å². The van der Waals surface area contributed by atoms with Gasteiger partial charge in [0.15, 0.2) is 8.07 Å². The molecule has 0 bridgehead atoms. The second-order valence-electron chi connectivity index (χ2n) is 23.0. The van der Waals surface area contributed by atoms with E-state index in [2.05, 4.69) is 252 Å². The number of nitrogens with zero attached hydrogens (tertiary/aromatic N) is 2. The molecule has 0 saturated carbocycles. The maximum Gasteiger partial charge on any atom is 0.343 e. The molecule has 0 unspecified atom stereocenters. The number of thiophene rings is 1. The molecule has 0 fully saturated rings. The zero-order valence-corrected chi connectivity index (χ0v) is 43.6. The summed E-state index contributed by atoms with van der Waals surface area (Å²) >= 11 is 2.04. The minimum absolute atomic E-state index is 0.0318. The van der Waals surface area contributed by atoms with Crippen LogP contribution in [-0.2, 0) is 16.2 Å². The fraction of sp³-hybridized carbons (Fsp3) is 0.182. The molecule has 0 atom stereocenters. The molecule has 10 aromatic rings. The van der Waals surface area contributed by atoms with Crippen molar-refractivity contribution in [1.82, 2.24) is 0 Å². The van der Waals surface area contributed by atoms with Gasteiger partial charge in [0, 0.05) is 43.1 Å². The Hall–Kier alpha value is -6.92. The van der Waals surface area contributed by atoms with Gasteiger partial charge < -0.3 is 9.71 Å². The molecule has 0 saturated heterocycles. The summed E-state index contributed by atoms with van der Waals surface area (Å²) < 4.78 is 2.78. The van der Waals surface area contributed by atoms with Crippen molar-refractivity contribution in [1.29, 1.82) is 0 Å².